The van der Waals surface area contributed by atoms with Crippen LogP contribution in [0, 0.1) is 5.92 Å². The first-order valence-corrected chi connectivity index (χ1v) is 7.43. The van der Waals surface area contributed by atoms with Gasteiger partial charge in [0.2, 0.25) is 5.88 Å². The van der Waals surface area contributed by atoms with Crippen molar-refractivity contribution >= 4 is 11.5 Å². The van der Waals surface area contributed by atoms with Gasteiger partial charge in [0.05, 0.1) is 30.5 Å². The first-order chi connectivity index (χ1) is 9.61. The van der Waals surface area contributed by atoms with Gasteiger partial charge in [-0.05, 0) is 37.3 Å². The van der Waals surface area contributed by atoms with Gasteiger partial charge in [-0.15, -0.1) is 0 Å². The maximum atomic E-state index is 5.90. The third kappa shape index (κ3) is 2.82. The number of aromatic nitrogens is 1. The zero-order valence-corrected chi connectivity index (χ0v) is 12.1. The highest BCUT2D eigenvalue weighted by Gasteiger charge is 2.40. The Morgan fingerprint density at radius 1 is 1.45 bits per heavy atom. The number of nitrogens with zero attached hydrogens (tertiary/aromatic N) is 1. The van der Waals surface area contributed by atoms with Crippen molar-refractivity contribution in [2.24, 2.45) is 5.92 Å². The summed E-state index contributed by atoms with van der Waals surface area (Å²) in [5.41, 5.74) is 6.49. The fraction of sp³-hybridized carbons (Fsp3) is 0.667. The van der Waals surface area contributed by atoms with E-state index in [9.17, 15) is 0 Å². The highest BCUT2D eigenvalue weighted by Crippen LogP contribution is 2.36. The van der Waals surface area contributed by atoms with Gasteiger partial charge in [-0.25, -0.2) is 0 Å². The van der Waals surface area contributed by atoms with Gasteiger partial charge in [0.25, 0.3) is 0 Å². The van der Waals surface area contributed by atoms with Crippen LogP contribution in [0.15, 0.2) is 12.1 Å². The van der Waals surface area contributed by atoms with Crippen molar-refractivity contribution in [2.75, 3.05) is 17.7 Å². The SMILES string of the molecule is CC(C)COc1nc(NC2CC3CCC2O3)ccc1N. The molecule has 3 unspecified atom stereocenters. The van der Waals surface area contributed by atoms with Gasteiger partial charge in [0, 0.05) is 0 Å². The van der Waals surface area contributed by atoms with Crippen LogP contribution in [0.25, 0.3) is 0 Å². The highest BCUT2D eigenvalue weighted by molar-refractivity contribution is 5.54. The Balaban J connectivity index is 1.66. The summed E-state index contributed by atoms with van der Waals surface area (Å²) in [7, 11) is 0. The van der Waals surface area contributed by atoms with Crippen LogP contribution < -0.4 is 15.8 Å². The molecule has 5 nitrogen and oxygen atoms in total. The molecule has 0 aromatic carbocycles. The molecule has 110 valence electrons. The van der Waals surface area contributed by atoms with Crippen molar-refractivity contribution in [3.63, 3.8) is 0 Å². The van der Waals surface area contributed by atoms with Gasteiger partial charge >= 0.3 is 0 Å². The van der Waals surface area contributed by atoms with Crippen molar-refractivity contribution in [1.82, 2.24) is 4.98 Å². The van der Waals surface area contributed by atoms with Crippen LogP contribution in [-0.2, 0) is 4.74 Å². The van der Waals surface area contributed by atoms with E-state index in [1.165, 1.54) is 6.42 Å². The van der Waals surface area contributed by atoms with E-state index in [1.807, 2.05) is 12.1 Å². The van der Waals surface area contributed by atoms with E-state index in [-0.39, 0.29) is 0 Å². The summed E-state index contributed by atoms with van der Waals surface area (Å²) in [5.74, 6) is 1.79. The number of ether oxygens (including phenoxy) is 2. The number of nitrogen functional groups attached to an aromatic ring is 1. The lowest BCUT2D eigenvalue weighted by Gasteiger charge is -2.21. The Labute approximate surface area is 119 Å². The van der Waals surface area contributed by atoms with Crippen molar-refractivity contribution < 1.29 is 9.47 Å². The normalized spacial score (nSPS) is 28.1. The van der Waals surface area contributed by atoms with Crippen LogP contribution in [0.5, 0.6) is 5.88 Å². The van der Waals surface area contributed by atoms with E-state index in [0.717, 1.165) is 18.7 Å². The van der Waals surface area contributed by atoms with E-state index in [2.05, 4.69) is 24.1 Å². The zero-order valence-electron chi connectivity index (χ0n) is 12.1. The van der Waals surface area contributed by atoms with E-state index < -0.39 is 0 Å². The van der Waals surface area contributed by atoms with Gasteiger partial charge in [-0.2, -0.15) is 4.98 Å². The quantitative estimate of drug-likeness (QED) is 0.865. The molecule has 2 fully saturated rings. The number of nitrogens with two attached hydrogens (primary N) is 1. The van der Waals surface area contributed by atoms with E-state index in [4.69, 9.17) is 15.2 Å². The molecule has 0 radical (unpaired) electrons. The third-order valence-electron chi connectivity index (χ3n) is 3.88. The summed E-state index contributed by atoms with van der Waals surface area (Å²) in [5, 5.41) is 3.46. The van der Waals surface area contributed by atoms with E-state index in [1.54, 1.807) is 0 Å². The van der Waals surface area contributed by atoms with Crippen molar-refractivity contribution in [1.29, 1.82) is 0 Å². The molecule has 3 heterocycles. The number of hydrogen-bond donors (Lipinski definition) is 2. The summed E-state index contributed by atoms with van der Waals surface area (Å²) in [6, 6.07) is 4.12. The smallest absolute Gasteiger partial charge is 0.239 e. The van der Waals surface area contributed by atoms with Crippen molar-refractivity contribution in [3.05, 3.63) is 12.1 Å². The monoisotopic (exact) mass is 277 g/mol. The molecule has 3 N–H and O–H groups in total. The molecule has 5 heteroatoms. The van der Waals surface area contributed by atoms with Crippen LogP contribution in [0.3, 0.4) is 0 Å². The molecule has 2 saturated heterocycles. The molecule has 0 spiro atoms. The summed E-state index contributed by atoms with van der Waals surface area (Å²) in [4.78, 5) is 4.48. The molecule has 1 aromatic rings. The molecule has 3 rings (SSSR count). The number of anilines is 2. The minimum atomic E-state index is 0.333. The second kappa shape index (κ2) is 5.48. The van der Waals surface area contributed by atoms with E-state index in [0.29, 0.717) is 42.3 Å². The van der Waals surface area contributed by atoms with E-state index >= 15 is 0 Å². The first kappa shape index (κ1) is 13.5. The van der Waals surface area contributed by atoms with Crippen molar-refractivity contribution in [2.45, 2.75) is 51.4 Å². The lowest BCUT2D eigenvalue weighted by molar-refractivity contribution is 0.102. The Morgan fingerprint density at radius 3 is 2.95 bits per heavy atom. The van der Waals surface area contributed by atoms with Gasteiger partial charge in [-0.3, -0.25) is 0 Å². The predicted molar refractivity (Wildman–Crippen MR) is 78.9 cm³/mol. The number of hydrogen-bond acceptors (Lipinski definition) is 5. The molecule has 3 atom stereocenters. The average molecular weight is 277 g/mol. The highest BCUT2D eigenvalue weighted by atomic mass is 16.5. The lowest BCUT2D eigenvalue weighted by atomic mass is 9.95. The van der Waals surface area contributed by atoms with Crippen LogP contribution in [0.4, 0.5) is 11.5 Å². The minimum absolute atomic E-state index is 0.333. The second-order valence-corrected chi connectivity index (χ2v) is 6.16. The average Bonchev–Trinajstić information content (AvgIpc) is 3.01. The van der Waals surface area contributed by atoms with Gasteiger partial charge < -0.3 is 20.5 Å². The molecule has 2 bridgehead atoms. The molecule has 2 aliphatic rings. The maximum Gasteiger partial charge on any atom is 0.239 e. The molecule has 0 saturated carbocycles. The summed E-state index contributed by atoms with van der Waals surface area (Å²) in [6.45, 7) is 4.83. The number of fused-ring (bicyclic) bond motifs is 2. The molecular weight excluding hydrogens is 254 g/mol. The van der Waals surface area contributed by atoms with Crippen LogP contribution in [0.2, 0.25) is 0 Å². The molecular formula is C15H23N3O2. The molecule has 20 heavy (non-hydrogen) atoms. The molecule has 0 amide bonds. The summed E-state index contributed by atoms with van der Waals surface area (Å²) in [6.07, 6.45) is 4.18. The number of pyridine rings is 1. The molecule has 1 aromatic heterocycles. The largest absolute Gasteiger partial charge is 0.476 e. The fourth-order valence-corrected chi connectivity index (χ4v) is 2.87. The Kier molecular flexibility index (Phi) is 3.70. The van der Waals surface area contributed by atoms with Crippen LogP contribution >= 0.6 is 0 Å². The van der Waals surface area contributed by atoms with Crippen molar-refractivity contribution in [3.8, 4) is 5.88 Å². The summed E-state index contributed by atoms with van der Waals surface area (Å²) < 4.78 is 11.5. The standard InChI is InChI=1S/C15H23N3O2/c1-9(2)8-19-15-11(16)4-6-14(18-15)17-12-7-10-3-5-13(12)20-10/h4,6,9-10,12-13H,3,5,7-8,16H2,1-2H3,(H,17,18). The predicted octanol–water partition coefficient (Wildman–Crippen LogP) is 2.43. The Morgan fingerprint density at radius 2 is 2.30 bits per heavy atom. The lowest BCUT2D eigenvalue weighted by Crippen LogP contribution is -2.30. The summed E-state index contributed by atoms with van der Waals surface area (Å²) >= 11 is 0. The maximum absolute atomic E-state index is 5.90. The number of nitrogens with one attached hydrogen (secondary N) is 1. The van der Waals surface area contributed by atoms with Gasteiger partial charge in [0.1, 0.15) is 5.82 Å². The Bertz CT molecular complexity index is 478. The molecule has 0 aliphatic carbocycles. The Hall–Kier alpha value is -1.49. The van der Waals surface area contributed by atoms with Gasteiger partial charge in [-0.1, -0.05) is 13.8 Å². The zero-order chi connectivity index (χ0) is 14.1. The van der Waals surface area contributed by atoms with Gasteiger partial charge in [0.15, 0.2) is 0 Å². The first-order valence-electron chi connectivity index (χ1n) is 7.43. The number of rotatable bonds is 5. The van der Waals surface area contributed by atoms with Crippen LogP contribution in [0.1, 0.15) is 33.1 Å². The fourth-order valence-electron chi connectivity index (χ4n) is 2.87. The second-order valence-electron chi connectivity index (χ2n) is 6.16. The topological polar surface area (TPSA) is 69.4 Å². The van der Waals surface area contributed by atoms with Crippen LogP contribution in [-0.4, -0.2) is 29.8 Å². The third-order valence-corrected chi connectivity index (χ3v) is 3.88. The molecule has 2 aliphatic heterocycles. The minimum Gasteiger partial charge on any atom is -0.476 e.